The Morgan fingerprint density at radius 2 is 1.88 bits per heavy atom. The van der Waals surface area contributed by atoms with Crippen LogP contribution in [0.4, 0.5) is 0 Å². The van der Waals surface area contributed by atoms with E-state index < -0.39 is 0 Å². The summed E-state index contributed by atoms with van der Waals surface area (Å²) in [6.07, 6.45) is 0. The lowest BCUT2D eigenvalue weighted by atomic mass is 10.2. The number of aromatic nitrogens is 4. The number of fused-ring (bicyclic) bond motifs is 1. The Balaban J connectivity index is 2.18. The van der Waals surface area contributed by atoms with Gasteiger partial charge in [-0.2, -0.15) is 10.1 Å². The van der Waals surface area contributed by atoms with Crippen molar-refractivity contribution < 1.29 is 0 Å². The summed E-state index contributed by atoms with van der Waals surface area (Å²) < 4.78 is 0. The Morgan fingerprint density at radius 1 is 1.00 bits per heavy atom. The van der Waals surface area contributed by atoms with Crippen molar-refractivity contribution in [3.8, 4) is 11.5 Å². The second kappa shape index (κ2) is 3.57. The van der Waals surface area contributed by atoms with Gasteiger partial charge in [-0.25, -0.2) is 10.1 Å². The van der Waals surface area contributed by atoms with Crippen LogP contribution in [0.2, 0.25) is 5.28 Å². The lowest BCUT2D eigenvalue weighted by Crippen LogP contribution is -1.86. The van der Waals surface area contributed by atoms with E-state index >= 15 is 0 Å². The third-order valence-corrected chi connectivity index (χ3v) is 2.45. The highest BCUT2D eigenvalue weighted by molar-refractivity contribution is 6.28. The number of halogens is 1. The highest BCUT2D eigenvalue weighted by Gasteiger charge is 2.06. The van der Waals surface area contributed by atoms with Gasteiger partial charge in [-0.15, -0.1) is 0 Å². The van der Waals surface area contributed by atoms with Crippen molar-refractivity contribution in [2.75, 3.05) is 0 Å². The van der Waals surface area contributed by atoms with Gasteiger partial charge in [-0.3, -0.25) is 0 Å². The van der Waals surface area contributed by atoms with Gasteiger partial charge in [0, 0.05) is 5.39 Å². The summed E-state index contributed by atoms with van der Waals surface area (Å²) in [5, 5.41) is 7.90. The molecule has 2 heterocycles. The van der Waals surface area contributed by atoms with E-state index in [1.165, 1.54) is 0 Å². The first kappa shape index (κ1) is 9.30. The number of H-pyrrole nitrogens is 1. The van der Waals surface area contributed by atoms with E-state index in [1.807, 2.05) is 36.4 Å². The Hall–Kier alpha value is -1.94. The molecule has 3 rings (SSSR count). The molecule has 0 aliphatic heterocycles. The molecule has 0 aliphatic rings. The number of rotatable bonds is 1. The van der Waals surface area contributed by atoms with E-state index in [-0.39, 0.29) is 5.28 Å². The molecule has 0 fully saturated rings. The number of pyridine rings is 1. The second-order valence-electron chi connectivity index (χ2n) is 3.34. The van der Waals surface area contributed by atoms with Crippen LogP contribution in [-0.2, 0) is 0 Å². The average Bonchev–Trinajstić information content (AvgIpc) is 2.75. The number of aromatic amines is 1. The molecular weight excluding hydrogens is 224 g/mol. The third-order valence-electron chi connectivity index (χ3n) is 2.29. The van der Waals surface area contributed by atoms with Crippen molar-refractivity contribution in [1.29, 1.82) is 0 Å². The molecule has 0 spiro atoms. The molecule has 16 heavy (non-hydrogen) atoms. The van der Waals surface area contributed by atoms with Gasteiger partial charge in [-0.05, 0) is 23.7 Å². The minimum Gasteiger partial charge on any atom is -0.249 e. The van der Waals surface area contributed by atoms with Crippen LogP contribution in [0.3, 0.4) is 0 Å². The minimum atomic E-state index is 0.268. The second-order valence-corrected chi connectivity index (χ2v) is 3.70. The van der Waals surface area contributed by atoms with Gasteiger partial charge < -0.3 is 0 Å². The molecule has 78 valence electrons. The predicted octanol–water partition coefficient (Wildman–Crippen LogP) is 2.67. The molecule has 0 saturated carbocycles. The molecule has 0 aliphatic carbocycles. The summed E-state index contributed by atoms with van der Waals surface area (Å²) in [5.41, 5.74) is 1.63. The summed E-state index contributed by atoms with van der Waals surface area (Å²) in [6, 6.07) is 11.8. The van der Waals surface area contributed by atoms with E-state index in [4.69, 9.17) is 11.6 Å². The van der Waals surface area contributed by atoms with Crippen molar-refractivity contribution in [1.82, 2.24) is 20.2 Å². The number of hydrogen-bond donors (Lipinski definition) is 1. The molecule has 0 amide bonds. The molecule has 0 unspecified atom stereocenters. The maximum atomic E-state index is 5.67. The monoisotopic (exact) mass is 230 g/mol. The fourth-order valence-corrected chi connectivity index (χ4v) is 1.67. The maximum Gasteiger partial charge on any atom is 0.218 e. The van der Waals surface area contributed by atoms with E-state index in [0.29, 0.717) is 11.5 Å². The quantitative estimate of drug-likeness (QED) is 0.699. The molecule has 2 aromatic heterocycles. The fraction of sp³-hybridized carbons (Fsp3) is 0. The fourth-order valence-electron chi connectivity index (χ4n) is 1.55. The van der Waals surface area contributed by atoms with Gasteiger partial charge >= 0.3 is 0 Å². The molecule has 4 nitrogen and oxygen atoms in total. The molecule has 1 aromatic carbocycles. The largest absolute Gasteiger partial charge is 0.249 e. The first-order chi connectivity index (χ1) is 7.83. The summed E-state index contributed by atoms with van der Waals surface area (Å²) in [5.74, 6) is 0.510. The summed E-state index contributed by atoms with van der Waals surface area (Å²) in [4.78, 5) is 8.48. The third kappa shape index (κ3) is 1.53. The topological polar surface area (TPSA) is 54.5 Å². The van der Waals surface area contributed by atoms with E-state index in [1.54, 1.807) is 0 Å². The first-order valence-electron chi connectivity index (χ1n) is 4.77. The number of nitrogens with one attached hydrogen (secondary N) is 1. The smallest absolute Gasteiger partial charge is 0.218 e. The Bertz CT molecular complexity index is 647. The standard InChI is InChI=1S/C11H7ClN4/c12-11-14-10(15-16-11)9-6-5-7-3-1-2-4-8(7)13-9/h1-6H,(H,14,15,16). The van der Waals surface area contributed by atoms with Gasteiger partial charge in [0.1, 0.15) is 5.69 Å². The molecule has 0 saturated heterocycles. The van der Waals surface area contributed by atoms with Crippen LogP contribution in [0.1, 0.15) is 0 Å². The van der Waals surface area contributed by atoms with E-state index in [2.05, 4.69) is 20.2 Å². The Labute approximate surface area is 96.3 Å². The van der Waals surface area contributed by atoms with Crippen molar-refractivity contribution >= 4 is 22.5 Å². The van der Waals surface area contributed by atoms with Gasteiger partial charge in [-0.1, -0.05) is 24.3 Å². The lowest BCUT2D eigenvalue weighted by molar-refractivity contribution is 1.09. The summed E-state index contributed by atoms with van der Waals surface area (Å²) >= 11 is 5.67. The zero-order chi connectivity index (χ0) is 11.0. The normalized spacial score (nSPS) is 10.8. The molecule has 3 aromatic rings. The van der Waals surface area contributed by atoms with Crippen molar-refractivity contribution in [3.05, 3.63) is 41.7 Å². The van der Waals surface area contributed by atoms with Crippen LogP contribution < -0.4 is 0 Å². The van der Waals surface area contributed by atoms with Crippen LogP contribution in [0.15, 0.2) is 36.4 Å². The van der Waals surface area contributed by atoms with Crippen molar-refractivity contribution in [2.45, 2.75) is 0 Å². The van der Waals surface area contributed by atoms with Crippen LogP contribution in [-0.4, -0.2) is 20.2 Å². The Kier molecular flexibility index (Phi) is 2.08. The zero-order valence-electron chi connectivity index (χ0n) is 8.18. The highest BCUT2D eigenvalue weighted by Crippen LogP contribution is 2.18. The van der Waals surface area contributed by atoms with Crippen LogP contribution >= 0.6 is 11.6 Å². The average molecular weight is 231 g/mol. The van der Waals surface area contributed by atoms with Gasteiger partial charge in [0.05, 0.1) is 5.52 Å². The summed E-state index contributed by atoms with van der Waals surface area (Å²) in [7, 11) is 0. The van der Waals surface area contributed by atoms with Crippen LogP contribution in [0.25, 0.3) is 22.4 Å². The molecule has 5 heteroatoms. The van der Waals surface area contributed by atoms with Crippen LogP contribution in [0.5, 0.6) is 0 Å². The van der Waals surface area contributed by atoms with Crippen LogP contribution in [0, 0.1) is 0 Å². The van der Waals surface area contributed by atoms with E-state index in [9.17, 15) is 0 Å². The van der Waals surface area contributed by atoms with Gasteiger partial charge in [0.15, 0.2) is 0 Å². The highest BCUT2D eigenvalue weighted by atomic mass is 35.5. The number of para-hydroxylation sites is 1. The van der Waals surface area contributed by atoms with E-state index in [0.717, 1.165) is 10.9 Å². The minimum absolute atomic E-state index is 0.268. The molecule has 1 N–H and O–H groups in total. The van der Waals surface area contributed by atoms with Crippen molar-refractivity contribution in [2.24, 2.45) is 0 Å². The van der Waals surface area contributed by atoms with Crippen molar-refractivity contribution in [3.63, 3.8) is 0 Å². The zero-order valence-corrected chi connectivity index (χ0v) is 8.94. The van der Waals surface area contributed by atoms with Gasteiger partial charge in [0.2, 0.25) is 11.1 Å². The predicted molar refractivity (Wildman–Crippen MR) is 62.1 cm³/mol. The lowest BCUT2D eigenvalue weighted by Gasteiger charge is -1.98. The molecule has 0 radical (unpaired) electrons. The van der Waals surface area contributed by atoms with Gasteiger partial charge in [0.25, 0.3) is 0 Å². The number of nitrogens with zero attached hydrogens (tertiary/aromatic N) is 3. The molecule has 0 atom stereocenters. The molecule has 0 bridgehead atoms. The number of benzene rings is 1. The maximum absolute atomic E-state index is 5.67. The number of hydrogen-bond acceptors (Lipinski definition) is 3. The molecular formula is C11H7ClN4. The summed E-state index contributed by atoms with van der Waals surface area (Å²) in [6.45, 7) is 0. The Morgan fingerprint density at radius 3 is 2.69 bits per heavy atom. The SMILES string of the molecule is Clc1nc(-c2ccc3ccccc3n2)n[nH]1. The first-order valence-corrected chi connectivity index (χ1v) is 5.15.